The van der Waals surface area contributed by atoms with Gasteiger partial charge in [0.2, 0.25) is 20.9 Å². The number of H-pyrrole nitrogens is 1. The number of aromatic amines is 1. The van der Waals surface area contributed by atoms with Crippen LogP contribution < -0.4 is 4.74 Å². The van der Waals surface area contributed by atoms with Crippen LogP contribution in [0, 0.1) is 12.8 Å². The monoisotopic (exact) mass is 388 g/mol. The van der Waals surface area contributed by atoms with Gasteiger partial charge in [-0.25, -0.2) is 13.4 Å². The summed E-state index contributed by atoms with van der Waals surface area (Å²) in [6.07, 6.45) is 1.90. The first-order valence-corrected chi connectivity index (χ1v) is 10.2. The number of hydrogen-bond donors (Lipinski definition) is 2. The second-order valence-electron chi connectivity index (χ2n) is 7.00. The maximum absolute atomic E-state index is 12.9. The van der Waals surface area contributed by atoms with Crippen molar-refractivity contribution in [1.29, 1.82) is 0 Å². The summed E-state index contributed by atoms with van der Waals surface area (Å²) in [4.78, 5) is 15.3. The van der Waals surface area contributed by atoms with Crippen LogP contribution >= 0.6 is 0 Å². The topological polar surface area (TPSA) is 118 Å². The summed E-state index contributed by atoms with van der Waals surface area (Å²) in [7, 11) is -3.81. The molecule has 9 heteroatoms. The van der Waals surface area contributed by atoms with Crippen LogP contribution in [0.2, 0.25) is 0 Å². The Kier molecular flexibility index (Phi) is 4.35. The Morgan fingerprint density at radius 3 is 2.78 bits per heavy atom. The van der Waals surface area contributed by atoms with Crippen LogP contribution in [0.3, 0.4) is 0 Å². The van der Waals surface area contributed by atoms with Gasteiger partial charge in [0.15, 0.2) is 5.65 Å². The molecule has 3 aromatic rings. The molecule has 0 bridgehead atoms. The Bertz CT molecular complexity index is 1090. The van der Waals surface area contributed by atoms with Gasteiger partial charge in [-0.3, -0.25) is 0 Å². The zero-order valence-corrected chi connectivity index (χ0v) is 15.8. The molecule has 1 fully saturated rings. The summed E-state index contributed by atoms with van der Waals surface area (Å²) < 4.78 is 31.7. The van der Waals surface area contributed by atoms with Crippen molar-refractivity contribution >= 4 is 21.0 Å². The van der Waals surface area contributed by atoms with Crippen LogP contribution in [0.25, 0.3) is 11.2 Å². The van der Waals surface area contributed by atoms with Crippen LogP contribution in [-0.4, -0.2) is 45.7 Å². The molecule has 0 aliphatic heterocycles. The maximum Gasteiger partial charge on any atom is 0.243 e. The predicted molar refractivity (Wildman–Crippen MR) is 97.1 cm³/mol. The largest absolute Gasteiger partial charge is 0.473 e. The van der Waals surface area contributed by atoms with Crippen LogP contribution in [0.5, 0.6) is 5.88 Å². The van der Waals surface area contributed by atoms with E-state index < -0.39 is 15.9 Å². The van der Waals surface area contributed by atoms with Crippen LogP contribution in [0.1, 0.15) is 25.3 Å². The van der Waals surface area contributed by atoms with Gasteiger partial charge < -0.3 is 14.8 Å². The van der Waals surface area contributed by atoms with E-state index in [1.54, 1.807) is 12.1 Å². The molecule has 1 aromatic carbocycles. The molecule has 1 saturated carbocycles. The van der Waals surface area contributed by atoms with Crippen molar-refractivity contribution in [3.05, 3.63) is 36.2 Å². The standard InChI is InChI=1S/C18H20N4O4S/c1-10-4-3-5-13(6-10)27(24,25)18-21-15-16(22-18)19-9-20-17(15)26-12-7-11(2)14(23)8-12/h3-6,9,11-12,14,23H,7-8H2,1-2H3,(H,19,20,21,22)/t11-,12+,14-/m0/s1. The Hall–Kier alpha value is -2.52. The van der Waals surface area contributed by atoms with Crippen LogP contribution in [0.4, 0.5) is 0 Å². The summed E-state index contributed by atoms with van der Waals surface area (Å²) in [5.74, 6) is 0.385. The van der Waals surface area contributed by atoms with E-state index in [2.05, 4.69) is 19.9 Å². The van der Waals surface area contributed by atoms with Crippen LogP contribution in [-0.2, 0) is 9.84 Å². The SMILES string of the molecule is Cc1cccc(S(=O)(=O)c2nc3ncnc(O[C@@H]4C[C@H](C)[C@@H](O)C4)c3[nH]2)c1. The fraction of sp³-hybridized carbons (Fsp3) is 0.389. The molecular weight excluding hydrogens is 368 g/mol. The summed E-state index contributed by atoms with van der Waals surface area (Å²) >= 11 is 0. The minimum Gasteiger partial charge on any atom is -0.473 e. The van der Waals surface area contributed by atoms with E-state index in [0.29, 0.717) is 18.4 Å². The third-order valence-corrected chi connectivity index (χ3v) is 6.44. The van der Waals surface area contributed by atoms with Crippen molar-refractivity contribution in [1.82, 2.24) is 19.9 Å². The number of aliphatic hydroxyl groups excluding tert-OH is 1. The molecule has 0 amide bonds. The zero-order chi connectivity index (χ0) is 19.2. The second kappa shape index (κ2) is 6.58. The van der Waals surface area contributed by atoms with E-state index in [4.69, 9.17) is 4.74 Å². The van der Waals surface area contributed by atoms with Gasteiger partial charge >= 0.3 is 0 Å². The number of aryl methyl sites for hydroxylation is 1. The third-order valence-electron chi connectivity index (χ3n) is 4.86. The molecule has 142 valence electrons. The fourth-order valence-electron chi connectivity index (χ4n) is 3.32. The van der Waals surface area contributed by atoms with Crippen molar-refractivity contribution in [2.24, 2.45) is 5.92 Å². The lowest BCUT2D eigenvalue weighted by atomic mass is 10.1. The van der Waals surface area contributed by atoms with E-state index in [-0.39, 0.29) is 33.6 Å². The second-order valence-corrected chi connectivity index (χ2v) is 8.86. The van der Waals surface area contributed by atoms with Gasteiger partial charge in [0, 0.05) is 6.42 Å². The fourth-order valence-corrected chi connectivity index (χ4v) is 4.59. The summed E-state index contributed by atoms with van der Waals surface area (Å²) in [5.41, 5.74) is 1.39. The third kappa shape index (κ3) is 3.28. The Morgan fingerprint density at radius 2 is 2.07 bits per heavy atom. The molecule has 0 saturated heterocycles. The highest BCUT2D eigenvalue weighted by atomic mass is 32.2. The first-order valence-electron chi connectivity index (χ1n) is 8.72. The molecule has 2 heterocycles. The highest BCUT2D eigenvalue weighted by Gasteiger charge is 2.32. The Labute approximate surface area is 156 Å². The van der Waals surface area contributed by atoms with Crippen molar-refractivity contribution < 1.29 is 18.3 Å². The number of benzene rings is 1. The number of fused-ring (bicyclic) bond motifs is 1. The van der Waals surface area contributed by atoms with Gasteiger partial charge in [0.1, 0.15) is 17.9 Å². The van der Waals surface area contributed by atoms with Gasteiger partial charge in [0.25, 0.3) is 0 Å². The highest BCUT2D eigenvalue weighted by molar-refractivity contribution is 7.91. The minimum absolute atomic E-state index is 0.145. The number of nitrogens with one attached hydrogen (secondary N) is 1. The van der Waals surface area contributed by atoms with Gasteiger partial charge in [-0.15, -0.1) is 0 Å². The van der Waals surface area contributed by atoms with E-state index >= 15 is 0 Å². The number of aromatic nitrogens is 4. The zero-order valence-electron chi connectivity index (χ0n) is 15.0. The van der Waals surface area contributed by atoms with Gasteiger partial charge in [-0.1, -0.05) is 19.1 Å². The molecule has 0 spiro atoms. The van der Waals surface area contributed by atoms with E-state index in [1.807, 2.05) is 19.9 Å². The maximum atomic E-state index is 12.9. The van der Waals surface area contributed by atoms with E-state index in [0.717, 1.165) is 5.56 Å². The molecule has 2 aromatic heterocycles. The lowest BCUT2D eigenvalue weighted by molar-refractivity contribution is 0.129. The summed E-state index contributed by atoms with van der Waals surface area (Å²) in [6, 6.07) is 6.63. The number of nitrogens with zero attached hydrogens (tertiary/aromatic N) is 3. The van der Waals surface area contributed by atoms with Gasteiger partial charge in [-0.2, -0.15) is 9.97 Å². The molecule has 3 atom stereocenters. The average Bonchev–Trinajstić information content (AvgIpc) is 3.20. The molecule has 4 rings (SSSR count). The Balaban J connectivity index is 1.71. The van der Waals surface area contributed by atoms with Crippen molar-refractivity contribution in [3.63, 3.8) is 0 Å². The lowest BCUT2D eigenvalue weighted by Gasteiger charge is -2.12. The normalized spacial score (nSPS) is 23.0. The number of rotatable bonds is 4. The van der Waals surface area contributed by atoms with Crippen molar-refractivity contribution in [2.75, 3.05) is 0 Å². The van der Waals surface area contributed by atoms with Gasteiger partial charge in [-0.05, 0) is 37.0 Å². The first kappa shape index (κ1) is 17.9. The smallest absolute Gasteiger partial charge is 0.243 e. The molecule has 2 N–H and O–H groups in total. The molecule has 1 aliphatic carbocycles. The number of hydrogen-bond acceptors (Lipinski definition) is 7. The predicted octanol–water partition coefficient (Wildman–Crippen LogP) is 2.03. The first-order chi connectivity index (χ1) is 12.8. The summed E-state index contributed by atoms with van der Waals surface area (Å²) in [5, 5.41) is 9.71. The summed E-state index contributed by atoms with van der Waals surface area (Å²) in [6.45, 7) is 3.79. The van der Waals surface area contributed by atoms with E-state index in [1.165, 1.54) is 12.4 Å². The van der Waals surface area contributed by atoms with Crippen molar-refractivity contribution in [3.8, 4) is 5.88 Å². The number of imidazole rings is 1. The van der Waals surface area contributed by atoms with Crippen molar-refractivity contribution in [2.45, 2.75) is 48.9 Å². The van der Waals surface area contributed by atoms with E-state index in [9.17, 15) is 13.5 Å². The number of aliphatic hydroxyl groups is 1. The lowest BCUT2D eigenvalue weighted by Crippen LogP contribution is -2.14. The average molecular weight is 388 g/mol. The number of ether oxygens (including phenoxy) is 1. The molecular formula is C18H20N4O4S. The highest BCUT2D eigenvalue weighted by Crippen LogP contribution is 2.31. The molecule has 27 heavy (non-hydrogen) atoms. The number of sulfone groups is 1. The molecule has 0 unspecified atom stereocenters. The quantitative estimate of drug-likeness (QED) is 0.702. The van der Waals surface area contributed by atoms with Crippen LogP contribution in [0.15, 0.2) is 40.6 Å². The Morgan fingerprint density at radius 1 is 1.26 bits per heavy atom. The molecule has 0 radical (unpaired) electrons. The molecule has 1 aliphatic rings. The minimum atomic E-state index is -3.81. The van der Waals surface area contributed by atoms with Gasteiger partial charge in [0.05, 0.1) is 11.0 Å². The molecule has 8 nitrogen and oxygen atoms in total.